The van der Waals surface area contributed by atoms with E-state index in [2.05, 4.69) is 12.1 Å². The van der Waals surface area contributed by atoms with Gasteiger partial charge in [-0.2, -0.15) is 0 Å². The van der Waals surface area contributed by atoms with Crippen LogP contribution in [0.25, 0.3) is 0 Å². The van der Waals surface area contributed by atoms with Gasteiger partial charge in [-0.3, -0.25) is 0 Å². The van der Waals surface area contributed by atoms with Gasteiger partial charge < -0.3 is 10.8 Å². The summed E-state index contributed by atoms with van der Waals surface area (Å²) in [7, 11) is 1.00. The van der Waals surface area contributed by atoms with Gasteiger partial charge in [-0.05, 0) is 54.7 Å². The number of anilines is 1. The molecule has 2 heteroatoms. The first kappa shape index (κ1) is 10.5. The van der Waals surface area contributed by atoms with Crippen LogP contribution in [0.1, 0.15) is 31.2 Å². The van der Waals surface area contributed by atoms with Crippen LogP contribution < -0.4 is 5.73 Å². The van der Waals surface area contributed by atoms with Crippen molar-refractivity contribution >= 4 is 5.69 Å². The molecule has 1 aromatic rings. The molecule has 2 aliphatic rings. The van der Waals surface area contributed by atoms with Crippen molar-refractivity contribution in [1.82, 2.24) is 0 Å². The molecule has 0 radical (unpaired) electrons. The summed E-state index contributed by atoms with van der Waals surface area (Å²) in [6, 6.07) is 8.52. The Bertz CT molecular complexity index is 323. The zero-order chi connectivity index (χ0) is 10.9. The maximum atomic E-state index is 7.00. The van der Waals surface area contributed by atoms with Crippen molar-refractivity contribution in [1.29, 1.82) is 0 Å². The molecule has 0 heterocycles. The van der Waals surface area contributed by atoms with E-state index in [4.69, 9.17) is 10.8 Å². The van der Waals surface area contributed by atoms with Crippen LogP contribution in [-0.4, -0.2) is 12.2 Å². The second kappa shape index (κ2) is 3.86. The number of hydrogen-bond donors (Lipinski definition) is 2. The summed E-state index contributed by atoms with van der Waals surface area (Å²) in [6.07, 6.45) is 5.71. The standard InChI is InChI=1S/C12H15N.CH4O/c13-11-5-3-10(4-6-11)12(7-8-12)9-1-2-9;1-2/h3-6,9H,1-2,7-8,13H2;2H,1H3. The van der Waals surface area contributed by atoms with E-state index in [1.165, 1.54) is 31.2 Å². The average molecular weight is 205 g/mol. The minimum Gasteiger partial charge on any atom is -0.400 e. The average Bonchev–Trinajstić information content (AvgIpc) is 3.14. The van der Waals surface area contributed by atoms with Crippen molar-refractivity contribution in [2.45, 2.75) is 31.1 Å². The van der Waals surface area contributed by atoms with Crippen LogP contribution in [0, 0.1) is 5.92 Å². The Kier molecular flexibility index (Phi) is 2.70. The molecular formula is C13H19NO. The normalized spacial score (nSPS) is 21.5. The molecule has 3 rings (SSSR count). The predicted octanol–water partition coefficient (Wildman–Crippen LogP) is 2.32. The van der Waals surface area contributed by atoms with Crippen molar-refractivity contribution in [3.8, 4) is 0 Å². The van der Waals surface area contributed by atoms with Crippen LogP contribution in [0.4, 0.5) is 5.69 Å². The van der Waals surface area contributed by atoms with E-state index in [-0.39, 0.29) is 0 Å². The SMILES string of the molecule is CO.Nc1ccc(C2(C3CC3)CC2)cc1. The number of benzene rings is 1. The number of aliphatic hydroxyl groups is 1. The highest BCUT2D eigenvalue weighted by atomic mass is 16.2. The van der Waals surface area contributed by atoms with Crippen LogP contribution in [-0.2, 0) is 5.41 Å². The molecule has 0 unspecified atom stereocenters. The largest absolute Gasteiger partial charge is 0.400 e. The Hall–Kier alpha value is -1.02. The zero-order valence-electron chi connectivity index (χ0n) is 9.24. The molecule has 15 heavy (non-hydrogen) atoms. The Balaban J connectivity index is 0.000000404. The molecular weight excluding hydrogens is 186 g/mol. The van der Waals surface area contributed by atoms with E-state index in [0.717, 1.165) is 18.7 Å². The van der Waals surface area contributed by atoms with Gasteiger partial charge in [-0.15, -0.1) is 0 Å². The lowest BCUT2D eigenvalue weighted by Crippen LogP contribution is -2.08. The summed E-state index contributed by atoms with van der Waals surface area (Å²) in [5, 5.41) is 7.00. The molecule has 0 spiro atoms. The molecule has 0 bridgehead atoms. The van der Waals surface area contributed by atoms with E-state index in [9.17, 15) is 0 Å². The molecule has 0 amide bonds. The maximum Gasteiger partial charge on any atom is 0.0319 e. The molecule has 0 aliphatic heterocycles. The predicted molar refractivity (Wildman–Crippen MR) is 62.6 cm³/mol. The van der Waals surface area contributed by atoms with Crippen molar-refractivity contribution in [2.75, 3.05) is 12.8 Å². The van der Waals surface area contributed by atoms with Gasteiger partial charge in [0.15, 0.2) is 0 Å². The minimum atomic E-state index is 0.591. The highest BCUT2D eigenvalue weighted by Crippen LogP contribution is 2.62. The minimum absolute atomic E-state index is 0.591. The monoisotopic (exact) mass is 205 g/mol. The first-order valence-corrected chi connectivity index (χ1v) is 5.62. The van der Waals surface area contributed by atoms with Gasteiger partial charge in [0.2, 0.25) is 0 Å². The zero-order valence-corrected chi connectivity index (χ0v) is 9.24. The molecule has 2 aliphatic carbocycles. The summed E-state index contributed by atoms with van der Waals surface area (Å²) in [5.74, 6) is 0.996. The van der Waals surface area contributed by atoms with Gasteiger partial charge in [0.05, 0.1) is 0 Å². The fourth-order valence-electron chi connectivity index (χ4n) is 2.52. The Morgan fingerprint density at radius 2 is 1.67 bits per heavy atom. The van der Waals surface area contributed by atoms with Gasteiger partial charge >= 0.3 is 0 Å². The highest BCUT2D eigenvalue weighted by Gasteiger charge is 2.54. The summed E-state index contributed by atoms with van der Waals surface area (Å²) < 4.78 is 0. The lowest BCUT2D eigenvalue weighted by Gasteiger charge is -2.14. The van der Waals surface area contributed by atoms with E-state index in [1.807, 2.05) is 12.1 Å². The van der Waals surface area contributed by atoms with Crippen LogP contribution in [0.3, 0.4) is 0 Å². The number of rotatable bonds is 2. The van der Waals surface area contributed by atoms with E-state index in [1.54, 1.807) is 0 Å². The second-order valence-electron chi connectivity index (χ2n) is 4.55. The van der Waals surface area contributed by atoms with Crippen LogP contribution in [0.2, 0.25) is 0 Å². The maximum absolute atomic E-state index is 7.00. The lowest BCUT2D eigenvalue weighted by molar-refractivity contribution is 0.399. The van der Waals surface area contributed by atoms with Crippen molar-refractivity contribution in [3.63, 3.8) is 0 Å². The molecule has 2 nitrogen and oxygen atoms in total. The molecule has 82 valence electrons. The first-order chi connectivity index (χ1) is 7.31. The Morgan fingerprint density at radius 3 is 2.07 bits per heavy atom. The van der Waals surface area contributed by atoms with Gasteiger partial charge in [0.25, 0.3) is 0 Å². The molecule has 3 N–H and O–H groups in total. The second-order valence-corrected chi connectivity index (χ2v) is 4.55. The van der Waals surface area contributed by atoms with E-state index in [0.29, 0.717) is 5.41 Å². The molecule has 0 atom stereocenters. The van der Waals surface area contributed by atoms with Gasteiger partial charge in [-0.25, -0.2) is 0 Å². The summed E-state index contributed by atoms with van der Waals surface area (Å²) in [5.41, 5.74) is 8.69. The van der Waals surface area contributed by atoms with Gasteiger partial charge in [0.1, 0.15) is 0 Å². The molecule has 2 saturated carbocycles. The number of hydrogen-bond acceptors (Lipinski definition) is 2. The quantitative estimate of drug-likeness (QED) is 0.728. The van der Waals surface area contributed by atoms with E-state index >= 15 is 0 Å². The van der Waals surface area contributed by atoms with Crippen LogP contribution >= 0.6 is 0 Å². The van der Waals surface area contributed by atoms with Crippen molar-refractivity contribution < 1.29 is 5.11 Å². The van der Waals surface area contributed by atoms with Crippen molar-refractivity contribution in [2.24, 2.45) is 5.92 Å². The summed E-state index contributed by atoms with van der Waals surface area (Å²) in [4.78, 5) is 0. The van der Waals surface area contributed by atoms with E-state index < -0.39 is 0 Å². The highest BCUT2D eigenvalue weighted by molar-refractivity contribution is 5.44. The Labute approximate surface area is 91.1 Å². The summed E-state index contributed by atoms with van der Waals surface area (Å²) >= 11 is 0. The number of nitrogens with two attached hydrogens (primary N) is 1. The van der Waals surface area contributed by atoms with Gasteiger partial charge in [0, 0.05) is 12.8 Å². The smallest absolute Gasteiger partial charge is 0.0319 e. The lowest BCUT2D eigenvalue weighted by atomic mass is 9.91. The molecule has 2 fully saturated rings. The number of aliphatic hydroxyl groups excluding tert-OH is 1. The molecule has 1 aromatic carbocycles. The first-order valence-electron chi connectivity index (χ1n) is 5.62. The Morgan fingerprint density at radius 1 is 1.13 bits per heavy atom. The number of nitrogen functional groups attached to an aromatic ring is 1. The third kappa shape index (κ3) is 1.86. The molecule has 0 aromatic heterocycles. The van der Waals surface area contributed by atoms with Crippen LogP contribution in [0.5, 0.6) is 0 Å². The third-order valence-electron chi connectivity index (χ3n) is 3.63. The van der Waals surface area contributed by atoms with Gasteiger partial charge in [-0.1, -0.05) is 12.1 Å². The van der Waals surface area contributed by atoms with Crippen LogP contribution in [0.15, 0.2) is 24.3 Å². The fourth-order valence-corrected chi connectivity index (χ4v) is 2.52. The third-order valence-corrected chi connectivity index (χ3v) is 3.63. The fraction of sp³-hybridized carbons (Fsp3) is 0.538. The topological polar surface area (TPSA) is 46.2 Å². The van der Waals surface area contributed by atoms with Crippen molar-refractivity contribution in [3.05, 3.63) is 29.8 Å². The summed E-state index contributed by atoms with van der Waals surface area (Å²) in [6.45, 7) is 0. The molecule has 0 saturated heterocycles.